The minimum atomic E-state index is -0.118. The van der Waals surface area contributed by atoms with Crippen LogP contribution < -0.4 is 10.1 Å². The third-order valence-electron chi connectivity index (χ3n) is 6.02. The van der Waals surface area contributed by atoms with Gasteiger partial charge < -0.3 is 19.6 Å². The van der Waals surface area contributed by atoms with Crippen molar-refractivity contribution in [1.29, 1.82) is 0 Å². The lowest BCUT2D eigenvalue weighted by molar-refractivity contribution is -0.123. The maximum absolute atomic E-state index is 12.2. The number of halogens is 1. The van der Waals surface area contributed by atoms with E-state index in [4.69, 9.17) is 25.9 Å². The van der Waals surface area contributed by atoms with Gasteiger partial charge in [-0.1, -0.05) is 59.2 Å². The smallest absolute Gasteiger partial charge is 0.257 e. The Balaban J connectivity index is 1.34. The third-order valence-corrected chi connectivity index (χ3v) is 6.27. The molecule has 3 aromatic rings. The number of oxime groups is 1. The molecule has 0 aromatic heterocycles. The first-order chi connectivity index (χ1) is 17.7. The summed E-state index contributed by atoms with van der Waals surface area (Å²) < 4.78 is 11.0. The van der Waals surface area contributed by atoms with E-state index < -0.39 is 0 Å². The maximum atomic E-state index is 12.2. The third kappa shape index (κ3) is 8.40. The van der Waals surface area contributed by atoms with E-state index in [1.807, 2.05) is 66.7 Å². The summed E-state index contributed by atoms with van der Waals surface area (Å²) >= 11 is 5.96. The highest BCUT2D eigenvalue weighted by Crippen LogP contribution is 2.17. The molecule has 1 saturated heterocycles. The molecular weight excluding hydrogens is 476 g/mol. The Hall–Kier alpha value is -3.35. The molecule has 0 bridgehead atoms. The summed E-state index contributed by atoms with van der Waals surface area (Å²) in [4.78, 5) is 17.9. The molecule has 1 N–H and O–H groups in total. The maximum Gasteiger partial charge on any atom is 0.257 e. The molecule has 7 heteroatoms. The SMILES string of the molecule is O=C(COc1ccc(C(Cc2ccccc2)=NOCc2ccc(Cl)cc2)cc1)NCC1CCOCC1. The van der Waals surface area contributed by atoms with Gasteiger partial charge in [0.2, 0.25) is 0 Å². The molecule has 0 saturated carbocycles. The van der Waals surface area contributed by atoms with Crippen molar-refractivity contribution in [3.05, 3.63) is 101 Å². The van der Waals surface area contributed by atoms with E-state index in [2.05, 4.69) is 22.6 Å². The number of hydrogen-bond acceptors (Lipinski definition) is 5. The second kappa shape index (κ2) is 13.7. The first-order valence-corrected chi connectivity index (χ1v) is 12.6. The lowest BCUT2D eigenvalue weighted by atomic mass is 10.0. The van der Waals surface area contributed by atoms with Crippen LogP contribution in [0.4, 0.5) is 0 Å². The first-order valence-electron chi connectivity index (χ1n) is 12.2. The van der Waals surface area contributed by atoms with Gasteiger partial charge in [-0.05, 0) is 71.8 Å². The van der Waals surface area contributed by atoms with Crippen LogP contribution in [-0.4, -0.2) is 38.0 Å². The quantitative estimate of drug-likeness (QED) is 0.278. The number of amides is 1. The van der Waals surface area contributed by atoms with Crippen molar-refractivity contribution in [2.45, 2.75) is 25.9 Å². The van der Waals surface area contributed by atoms with Crippen LogP contribution in [0.1, 0.15) is 29.5 Å². The Morgan fingerprint density at radius 2 is 1.67 bits per heavy atom. The van der Waals surface area contributed by atoms with Crippen LogP contribution >= 0.6 is 11.6 Å². The lowest BCUT2D eigenvalue weighted by Gasteiger charge is -2.22. The fraction of sp³-hybridized carbons (Fsp3) is 0.310. The van der Waals surface area contributed by atoms with Crippen molar-refractivity contribution >= 4 is 23.2 Å². The van der Waals surface area contributed by atoms with Gasteiger partial charge in [0.15, 0.2) is 6.61 Å². The van der Waals surface area contributed by atoms with Crippen LogP contribution in [-0.2, 0) is 27.4 Å². The normalized spacial score (nSPS) is 14.3. The first kappa shape index (κ1) is 25.7. The predicted octanol–water partition coefficient (Wildman–Crippen LogP) is 5.43. The average molecular weight is 507 g/mol. The fourth-order valence-electron chi connectivity index (χ4n) is 3.89. The number of carbonyl (C=O) groups excluding carboxylic acids is 1. The van der Waals surface area contributed by atoms with Crippen molar-refractivity contribution in [3.63, 3.8) is 0 Å². The van der Waals surface area contributed by atoms with Gasteiger partial charge in [-0.2, -0.15) is 0 Å². The van der Waals surface area contributed by atoms with E-state index in [-0.39, 0.29) is 12.5 Å². The monoisotopic (exact) mass is 506 g/mol. The minimum absolute atomic E-state index is 0.0161. The summed E-state index contributed by atoms with van der Waals surface area (Å²) in [5.74, 6) is 0.986. The Kier molecular flexibility index (Phi) is 9.77. The van der Waals surface area contributed by atoms with Crippen LogP contribution in [0.25, 0.3) is 0 Å². The number of rotatable bonds is 11. The second-order valence-corrected chi connectivity index (χ2v) is 9.21. The molecule has 1 fully saturated rings. The van der Waals surface area contributed by atoms with E-state index in [1.54, 1.807) is 0 Å². The van der Waals surface area contributed by atoms with Gasteiger partial charge in [0.05, 0.1) is 5.71 Å². The van der Waals surface area contributed by atoms with Gasteiger partial charge in [-0.15, -0.1) is 0 Å². The van der Waals surface area contributed by atoms with Crippen molar-refractivity contribution in [1.82, 2.24) is 5.32 Å². The number of ether oxygens (including phenoxy) is 2. The molecule has 6 nitrogen and oxygen atoms in total. The molecular formula is C29H31ClN2O4. The molecule has 188 valence electrons. The molecule has 0 aliphatic carbocycles. The standard InChI is InChI=1S/C29H31ClN2O4/c30-26-10-6-24(7-11-26)20-36-32-28(18-22-4-2-1-3-5-22)25-8-12-27(13-9-25)35-21-29(33)31-19-23-14-16-34-17-15-23/h1-13,23H,14-21H2,(H,31,33). The minimum Gasteiger partial charge on any atom is -0.484 e. The van der Waals surface area contributed by atoms with Gasteiger partial charge >= 0.3 is 0 Å². The van der Waals surface area contributed by atoms with Crippen LogP contribution in [0.2, 0.25) is 5.02 Å². The summed E-state index contributed by atoms with van der Waals surface area (Å²) in [6.45, 7) is 2.54. The molecule has 36 heavy (non-hydrogen) atoms. The predicted molar refractivity (Wildman–Crippen MR) is 141 cm³/mol. The summed E-state index contributed by atoms with van der Waals surface area (Å²) in [6.07, 6.45) is 2.59. The molecule has 1 heterocycles. The topological polar surface area (TPSA) is 69.2 Å². The van der Waals surface area contributed by atoms with Crippen molar-refractivity contribution in [3.8, 4) is 5.75 Å². The van der Waals surface area contributed by atoms with E-state index in [1.165, 1.54) is 0 Å². The second-order valence-electron chi connectivity index (χ2n) is 8.77. The van der Waals surface area contributed by atoms with Crippen LogP contribution in [0.3, 0.4) is 0 Å². The van der Waals surface area contributed by atoms with Crippen LogP contribution in [0.5, 0.6) is 5.75 Å². The zero-order valence-corrected chi connectivity index (χ0v) is 21.0. The van der Waals surface area contributed by atoms with Gasteiger partial charge in [0, 0.05) is 31.2 Å². The van der Waals surface area contributed by atoms with E-state index >= 15 is 0 Å². The Bertz CT molecular complexity index is 1110. The van der Waals surface area contributed by atoms with Crippen molar-refractivity contribution in [2.75, 3.05) is 26.4 Å². The van der Waals surface area contributed by atoms with E-state index in [0.717, 1.165) is 48.5 Å². The van der Waals surface area contributed by atoms with E-state index in [0.29, 0.717) is 36.3 Å². The molecule has 1 aliphatic rings. The summed E-state index contributed by atoms with van der Waals surface area (Å²) in [7, 11) is 0. The highest BCUT2D eigenvalue weighted by molar-refractivity contribution is 6.30. The summed E-state index contributed by atoms with van der Waals surface area (Å²) in [6, 6.07) is 25.2. The van der Waals surface area contributed by atoms with E-state index in [9.17, 15) is 4.79 Å². The molecule has 0 atom stereocenters. The zero-order chi connectivity index (χ0) is 25.0. The van der Waals surface area contributed by atoms with Crippen LogP contribution in [0.15, 0.2) is 84.0 Å². The highest BCUT2D eigenvalue weighted by atomic mass is 35.5. The van der Waals surface area contributed by atoms with Crippen molar-refractivity contribution in [2.24, 2.45) is 11.1 Å². The Morgan fingerprint density at radius 3 is 2.39 bits per heavy atom. The lowest BCUT2D eigenvalue weighted by Crippen LogP contribution is -2.35. The molecule has 1 amide bonds. The van der Waals surface area contributed by atoms with Gasteiger partial charge in [-0.25, -0.2) is 0 Å². The highest BCUT2D eigenvalue weighted by Gasteiger charge is 2.15. The molecule has 0 spiro atoms. The molecule has 1 aliphatic heterocycles. The Morgan fingerprint density at radius 1 is 0.944 bits per heavy atom. The molecule has 4 rings (SSSR count). The zero-order valence-electron chi connectivity index (χ0n) is 20.2. The molecule has 3 aromatic carbocycles. The van der Waals surface area contributed by atoms with Crippen molar-refractivity contribution < 1.29 is 19.1 Å². The fourth-order valence-corrected chi connectivity index (χ4v) is 4.02. The Labute approximate surface area is 217 Å². The van der Waals surface area contributed by atoms with Gasteiger partial charge in [0.1, 0.15) is 12.4 Å². The number of nitrogens with zero attached hydrogens (tertiary/aromatic N) is 1. The number of benzene rings is 3. The van der Waals surface area contributed by atoms with Gasteiger partial charge in [0.25, 0.3) is 5.91 Å². The average Bonchev–Trinajstić information content (AvgIpc) is 2.93. The molecule has 0 unspecified atom stereocenters. The number of hydrogen-bond donors (Lipinski definition) is 1. The van der Waals surface area contributed by atoms with Gasteiger partial charge in [-0.3, -0.25) is 4.79 Å². The number of carbonyl (C=O) groups is 1. The molecule has 0 radical (unpaired) electrons. The van der Waals surface area contributed by atoms with Crippen LogP contribution in [0, 0.1) is 5.92 Å². The summed E-state index contributed by atoms with van der Waals surface area (Å²) in [5, 5.41) is 8.09. The summed E-state index contributed by atoms with van der Waals surface area (Å²) in [5.41, 5.74) is 3.84. The largest absolute Gasteiger partial charge is 0.484 e. The number of nitrogens with one attached hydrogen (secondary N) is 1.